The van der Waals surface area contributed by atoms with Gasteiger partial charge in [0, 0.05) is 25.3 Å². The van der Waals surface area contributed by atoms with Crippen LogP contribution in [0.3, 0.4) is 0 Å². The van der Waals surface area contributed by atoms with Crippen molar-refractivity contribution in [1.82, 2.24) is 4.98 Å². The van der Waals surface area contributed by atoms with Crippen LogP contribution in [0.2, 0.25) is 0 Å². The zero-order chi connectivity index (χ0) is 15.4. The topological polar surface area (TPSA) is 61.2 Å². The van der Waals surface area contributed by atoms with Gasteiger partial charge in [0.2, 0.25) is 0 Å². The third-order valence-electron chi connectivity index (χ3n) is 3.88. The van der Waals surface area contributed by atoms with Gasteiger partial charge in [0.25, 0.3) is 0 Å². The summed E-state index contributed by atoms with van der Waals surface area (Å²) in [6, 6.07) is 14.0. The minimum Gasteiger partial charge on any atom is -0.495 e. The minimum absolute atomic E-state index is 0.270. The van der Waals surface area contributed by atoms with Gasteiger partial charge in [-0.25, -0.2) is 4.98 Å². The molecule has 0 bridgehead atoms. The molecular weight excluding hydrogens is 276 g/mol. The number of pyridine rings is 1. The molecule has 1 atom stereocenters. The van der Waals surface area contributed by atoms with Gasteiger partial charge in [-0.3, -0.25) is 0 Å². The molecule has 1 fully saturated rings. The quantitative estimate of drug-likeness (QED) is 0.939. The van der Waals surface area contributed by atoms with Crippen LogP contribution in [0.5, 0.6) is 5.75 Å². The van der Waals surface area contributed by atoms with Crippen LogP contribution in [0, 0.1) is 11.3 Å². The monoisotopic (exact) mass is 294 g/mol. The van der Waals surface area contributed by atoms with Gasteiger partial charge in [0.05, 0.1) is 18.4 Å². The van der Waals surface area contributed by atoms with Gasteiger partial charge in [-0.1, -0.05) is 12.1 Å². The van der Waals surface area contributed by atoms with Gasteiger partial charge in [0.15, 0.2) is 0 Å². The molecule has 22 heavy (non-hydrogen) atoms. The molecule has 1 aliphatic heterocycles. The van der Waals surface area contributed by atoms with E-state index in [1.807, 2.05) is 18.2 Å². The number of benzene rings is 1. The predicted octanol–water partition coefficient (Wildman–Crippen LogP) is 2.65. The summed E-state index contributed by atoms with van der Waals surface area (Å²) in [5.74, 6) is 1.55. The van der Waals surface area contributed by atoms with Gasteiger partial charge in [-0.05, 0) is 30.7 Å². The molecule has 1 aromatic carbocycles. The normalized spacial score (nSPS) is 17.1. The summed E-state index contributed by atoms with van der Waals surface area (Å²) in [6.07, 6.45) is 2.70. The molecule has 112 valence electrons. The van der Waals surface area contributed by atoms with Crippen LogP contribution in [0.4, 0.5) is 11.5 Å². The Morgan fingerprint density at radius 3 is 3.00 bits per heavy atom. The lowest BCUT2D eigenvalue weighted by molar-refractivity contribution is 0.415. The third kappa shape index (κ3) is 2.82. The zero-order valence-corrected chi connectivity index (χ0v) is 12.5. The van der Waals surface area contributed by atoms with Crippen molar-refractivity contribution in [1.29, 1.82) is 5.26 Å². The lowest BCUT2D eigenvalue weighted by Crippen LogP contribution is -2.26. The van der Waals surface area contributed by atoms with Crippen molar-refractivity contribution < 1.29 is 4.74 Å². The van der Waals surface area contributed by atoms with Crippen LogP contribution in [0.25, 0.3) is 0 Å². The molecule has 2 heterocycles. The number of para-hydroxylation sites is 2. The Kier molecular flexibility index (Phi) is 4.10. The van der Waals surface area contributed by atoms with E-state index in [2.05, 4.69) is 27.3 Å². The molecule has 0 spiro atoms. The van der Waals surface area contributed by atoms with Crippen molar-refractivity contribution in [2.75, 3.05) is 30.4 Å². The first-order chi connectivity index (χ1) is 10.8. The number of aromatic nitrogens is 1. The van der Waals surface area contributed by atoms with Crippen LogP contribution >= 0.6 is 0 Å². The molecule has 0 saturated carbocycles. The largest absolute Gasteiger partial charge is 0.495 e. The summed E-state index contributed by atoms with van der Waals surface area (Å²) in [6.45, 7) is 1.81. The van der Waals surface area contributed by atoms with E-state index in [-0.39, 0.29) is 6.04 Å². The number of rotatable bonds is 4. The van der Waals surface area contributed by atoms with Crippen molar-refractivity contribution in [3.63, 3.8) is 0 Å². The van der Waals surface area contributed by atoms with Crippen molar-refractivity contribution >= 4 is 11.5 Å². The highest BCUT2D eigenvalue weighted by molar-refractivity contribution is 5.60. The molecule has 1 aromatic heterocycles. The van der Waals surface area contributed by atoms with E-state index in [1.54, 1.807) is 25.4 Å². The first-order valence-corrected chi connectivity index (χ1v) is 7.31. The van der Waals surface area contributed by atoms with E-state index in [4.69, 9.17) is 10.00 Å². The molecule has 3 rings (SSSR count). The summed E-state index contributed by atoms with van der Waals surface area (Å²) >= 11 is 0. The number of nitriles is 1. The minimum atomic E-state index is 0.270. The smallest absolute Gasteiger partial charge is 0.144 e. The van der Waals surface area contributed by atoms with E-state index in [1.165, 1.54) is 0 Å². The summed E-state index contributed by atoms with van der Waals surface area (Å²) < 4.78 is 5.43. The van der Waals surface area contributed by atoms with Crippen molar-refractivity contribution in [3.8, 4) is 11.8 Å². The van der Waals surface area contributed by atoms with Crippen LogP contribution in [-0.4, -0.2) is 31.2 Å². The number of hydrogen-bond acceptors (Lipinski definition) is 5. The van der Waals surface area contributed by atoms with Gasteiger partial charge in [-0.15, -0.1) is 0 Å². The van der Waals surface area contributed by atoms with Gasteiger partial charge < -0.3 is 15.0 Å². The lowest BCUT2D eigenvalue weighted by Gasteiger charge is -2.21. The maximum absolute atomic E-state index is 9.13. The average Bonchev–Trinajstić information content (AvgIpc) is 3.03. The second kappa shape index (κ2) is 6.35. The average molecular weight is 294 g/mol. The van der Waals surface area contributed by atoms with E-state index in [0.29, 0.717) is 11.4 Å². The molecule has 5 heteroatoms. The number of ether oxygens (including phenoxy) is 1. The second-order valence-corrected chi connectivity index (χ2v) is 5.26. The zero-order valence-electron chi connectivity index (χ0n) is 12.5. The van der Waals surface area contributed by atoms with Crippen LogP contribution < -0.4 is 15.0 Å². The molecule has 0 radical (unpaired) electrons. The fourth-order valence-corrected chi connectivity index (χ4v) is 2.79. The number of hydrogen-bond donors (Lipinski definition) is 1. The highest BCUT2D eigenvalue weighted by Gasteiger charge is 2.25. The number of anilines is 2. The van der Waals surface area contributed by atoms with Crippen LogP contribution in [-0.2, 0) is 0 Å². The molecular formula is C17H18N4O. The SMILES string of the molecule is COc1ccccc1N1CC[C@@H](Nc2ncccc2C#N)C1. The Morgan fingerprint density at radius 2 is 2.18 bits per heavy atom. The number of nitrogens with zero attached hydrogens (tertiary/aromatic N) is 3. The summed E-state index contributed by atoms with van der Waals surface area (Å²) in [5.41, 5.74) is 1.69. The Morgan fingerprint density at radius 1 is 1.32 bits per heavy atom. The molecule has 0 amide bonds. The molecule has 1 N–H and O–H groups in total. The molecule has 0 aliphatic carbocycles. The van der Waals surface area contributed by atoms with E-state index in [0.717, 1.165) is 30.9 Å². The molecule has 5 nitrogen and oxygen atoms in total. The summed E-state index contributed by atoms with van der Waals surface area (Å²) in [4.78, 5) is 6.56. The van der Waals surface area contributed by atoms with Gasteiger partial charge in [-0.2, -0.15) is 5.26 Å². The fourth-order valence-electron chi connectivity index (χ4n) is 2.79. The predicted molar refractivity (Wildman–Crippen MR) is 86.2 cm³/mol. The summed E-state index contributed by atoms with van der Waals surface area (Å²) in [5, 5.41) is 12.5. The summed E-state index contributed by atoms with van der Waals surface area (Å²) in [7, 11) is 1.69. The Balaban J connectivity index is 1.72. The van der Waals surface area contributed by atoms with Crippen molar-refractivity contribution in [2.45, 2.75) is 12.5 Å². The van der Waals surface area contributed by atoms with E-state index in [9.17, 15) is 0 Å². The molecule has 0 unspecified atom stereocenters. The maximum atomic E-state index is 9.13. The van der Waals surface area contributed by atoms with Gasteiger partial charge in [0.1, 0.15) is 17.6 Å². The molecule has 1 aliphatic rings. The lowest BCUT2D eigenvalue weighted by atomic mass is 10.2. The second-order valence-electron chi connectivity index (χ2n) is 5.26. The first-order valence-electron chi connectivity index (χ1n) is 7.31. The Bertz CT molecular complexity index is 695. The number of nitrogens with one attached hydrogen (secondary N) is 1. The number of methoxy groups -OCH3 is 1. The van der Waals surface area contributed by atoms with Crippen molar-refractivity contribution in [2.24, 2.45) is 0 Å². The van der Waals surface area contributed by atoms with E-state index >= 15 is 0 Å². The third-order valence-corrected chi connectivity index (χ3v) is 3.88. The Hall–Kier alpha value is -2.74. The van der Waals surface area contributed by atoms with Crippen LogP contribution in [0.1, 0.15) is 12.0 Å². The highest BCUT2D eigenvalue weighted by Crippen LogP contribution is 2.31. The first kappa shape index (κ1) is 14.2. The van der Waals surface area contributed by atoms with E-state index < -0.39 is 0 Å². The standard InChI is InChI=1S/C17H18N4O/c1-22-16-7-3-2-6-15(16)21-10-8-14(12-21)20-17-13(11-18)5-4-9-19-17/h2-7,9,14H,8,10,12H2,1H3,(H,19,20)/t14-/m1/s1. The Labute approximate surface area is 130 Å². The van der Waals surface area contributed by atoms with Crippen molar-refractivity contribution in [3.05, 3.63) is 48.2 Å². The molecule has 1 saturated heterocycles. The van der Waals surface area contributed by atoms with Crippen LogP contribution in [0.15, 0.2) is 42.6 Å². The maximum Gasteiger partial charge on any atom is 0.144 e. The van der Waals surface area contributed by atoms with Gasteiger partial charge >= 0.3 is 0 Å². The highest BCUT2D eigenvalue weighted by atomic mass is 16.5. The fraction of sp³-hybridized carbons (Fsp3) is 0.294. The molecule has 2 aromatic rings.